The molecule has 0 aromatic rings. The van der Waals surface area contributed by atoms with Crippen molar-refractivity contribution in [2.45, 2.75) is 57.6 Å². The van der Waals surface area contributed by atoms with Gasteiger partial charge in [-0.25, -0.2) is 8.42 Å². The van der Waals surface area contributed by atoms with Crippen molar-refractivity contribution >= 4 is 45.7 Å². The van der Waals surface area contributed by atoms with Gasteiger partial charge in [0.1, 0.15) is 0 Å². The second kappa shape index (κ2) is 9.76. The van der Waals surface area contributed by atoms with Crippen LogP contribution in [0.25, 0.3) is 0 Å². The van der Waals surface area contributed by atoms with Crippen LogP contribution in [0.2, 0.25) is 0 Å². The minimum absolute atomic E-state index is 0. The molecule has 0 aromatic carbocycles. The Morgan fingerprint density at radius 2 is 1.70 bits per heavy atom. The zero-order valence-corrected chi connectivity index (χ0v) is 20.2. The maximum absolute atomic E-state index is 12.7. The Labute approximate surface area is 181 Å². The number of amides is 1. The fraction of sp³-hybridized carbons (Fsp3) is 0.889. The van der Waals surface area contributed by atoms with Crippen LogP contribution >= 0.6 is 24.0 Å². The summed E-state index contributed by atoms with van der Waals surface area (Å²) in [5, 5.41) is 6.17. The van der Waals surface area contributed by atoms with Gasteiger partial charge in [-0.2, -0.15) is 0 Å². The molecule has 1 heterocycles. The molecule has 2 rings (SSSR count). The van der Waals surface area contributed by atoms with Gasteiger partial charge in [-0.05, 0) is 12.8 Å². The second-order valence-electron chi connectivity index (χ2n) is 8.46. The summed E-state index contributed by atoms with van der Waals surface area (Å²) in [6.45, 7) is 7.70. The van der Waals surface area contributed by atoms with Crippen molar-refractivity contribution in [3.63, 3.8) is 0 Å². The molecule has 7 nitrogen and oxygen atoms in total. The van der Waals surface area contributed by atoms with E-state index in [4.69, 9.17) is 0 Å². The molecule has 0 atom stereocenters. The topological polar surface area (TPSA) is 90.9 Å². The van der Waals surface area contributed by atoms with Gasteiger partial charge in [0.25, 0.3) is 0 Å². The van der Waals surface area contributed by atoms with Gasteiger partial charge in [0.05, 0.1) is 10.5 Å². The van der Waals surface area contributed by atoms with Crippen molar-refractivity contribution < 1.29 is 13.2 Å². The summed E-state index contributed by atoms with van der Waals surface area (Å²) in [4.78, 5) is 18.3. The molecule has 0 unspecified atom stereocenters. The van der Waals surface area contributed by atoms with E-state index in [1.807, 2.05) is 20.8 Å². The van der Waals surface area contributed by atoms with E-state index < -0.39 is 20.0 Å². The quantitative estimate of drug-likeness (QED) is 0.259. The predicted molar refractivity (Wildman–Crippen MR) is 120 cm³/mol. The van der Waals surface area contributed by atoms with Gasteiger partial charge in [-0.15, -0.1) is 24.0 Å². The molecule has 9 heteroatoms. The minimum Gasteiger partial charge on any atom is -0.354 e. The first kappa shape index (κ1) is 24.5. The lowest BCUT2D eigenvalue weighted by atomic mass is 9.87. The van der Waals surface area contributed by atoms with E-state index in [9.17, 15) is 13.2 Å². The zero-order chi connectivity index (χ0) is 19.4. The lowest BCUT2D eigenvalue weighted by Gasteiger charge is -2.45. The Balaban J connectivity index is 0.00000364. The van der Waals surface area contributed by atoms with Crippen LogP contribution in [-0.2, 0) is 14.6 Å². The van der Waals surface area contributed by atoms with Gasteiger partial charge >= 0.3 is 0 Å². The van der Waals surface area contributed by atoms with Gasteiger partial charge < -0.3 is 15.5 Å². The molecule has 1 aliphatic carbocycles. The molecule has 0 bridgehead atoms. The monoisotopic (exact) mass is 514 g/mol. The van der Waals surface area contributed by atoms with E-state index in [0.717, 1.165) is 38.1 Å². The molecular formula is C18H35IN4O3S. The van der Waals surface area contributed by atoms with Gasteiger partial charge in [-0.1, -0.05) is 40.0 Å². The Kier molecular flexibility index (Phi) is 8.84. The summed E-state index contributed by atoms with van der Waals surface area (Å²) in [6.07, 6.45) is 4.60. The van der Waals surface area contributed by atoms with Gasteiger partial charge in [-0.3, -0.25) is 9.79 Å². The predicted octanol–water partition coefficient (Wildman–Crippen LogP) is 1.78. The fourth-order valence-electron chi connectivity index (χ4n) is 3.77. The van der Waals surface area contributed by atoms with Gasteiger partial charge in [0.2, 0.25) is 5.91 Å². The van der Waals surface area contributed by atoms with Crippen molar-refractivity contribution in [1.29, 1.82) is 0 Å². The van der Waals surface area contributed by atoms with Crippen molar-refractivity contribution in [1.82, 2.24) is 15.5 Å². The Hall–Kier alpha value is -0.580. The molecule has 1 saturated heterocycles. The number of guanidine groups is 1. The van der Waals surface area contributed by atoms with Gasteiger partial charge in [0, 0.05) is 38.6 Å². The summed E-state index contributed by atoms with van der Waals surface area (Å²) in [6, 6.07) is 0. The molecule has 2 N–H and O–H groups in total. The number of rotatable bonds is 3. The molecule has 2 aliphatic rings. The molecule has 1 amide bonds. The van der Waals surface area contributed by atoms with Crippen molar-refractivity contribution in [3.8, 4) is 0 Å². The second-order valence-corrected chi connectivity index (χ2v) is 11.0. The first-order chi connectivity index (χ1) is 12.1. The van der Waals surface area contributed by atoms with E-state index in [1.54, 1.807) is 7.05 Å². The molecule has 27 heavy (non-hydrogen) atoms. The highest BCUT2D eigenvalue weighted by Gasteiger charge is 2.48. The number of carbonyl (C=O) groups excluding carboxylic acids is 1. The van der Waals surface area contributed by atoms with Gasteiger partial charge in [0.15, 0.2) is 15.8 Å². The van der Waals surface area contributed by atoms with E-state index in [-0.39, 0.29) is 35.6 Å². The number of nitrogens with zero attached hydrogens (tertiary/aromatic N) is 2. The van der Waals surface area contributed by atoms with E-state index in [2.05, 4.69) is 20.5 Å². The molecule has 2 fully saturated rings. The lowest BCUT2D eigenvalue weighted by Crippen LogP contribution is -2.60. The number of nitrogens with one attached hydrogen (secondary N) is 2. The Morgan fingerprint density at radius 3 is 2.26 bits per heavy atom. The lowest BCUT2D eigenvalue weighted by molar-refractivity contribution is -0.128. The van der Waals surface area contributed by atoms with Crippen LogP contribution in [0.5, 0.6) is 0 Å². The van der Waals surface area contributed by atoms with Crippen molar-refractivity contribution in [2.75, 3.05) is 39.0 Å². The molecule has 0 aromatic heterocycles. The maximum atomic E-state index is 12.7. The van der Waals surface area contributed by atoms with Crippen molar-refractivity contribution in [2.24, 2.45) is 10.4 Å². The smallest absolute Gasteiger partial charge is 0.225 e. The standard InChI is InChI=1S/C18H34N4O3S.HI/c1-17(2,3)15(23)20-10-11-21-16(19-4)22-12-13-26(24,25)18(14-22)8-6-5-7-9-18;/h5-14H2,1-4H3,(H,19,21)(H,20,23);1H. The van der Waals surface area contributed by atoms with Crippen LogP contribution in [0, 0.1) is 5.41 Å². The normalized spacial score (nSPS) is 22.1. The average Bonchev–Trinajstić information content (AvgIpc) is 2.58. The molecule has 158 valence electrons. The van der Waals surface area contributed by atoms with E-state index in [0.29, 0.717) is 26.2 Å². The zero-order valence-electron chi connectivity index (χ0n) is 17.0. The number of hydrogen-bond donors (Lipinski definition) is 2. The third-order valence-corrected chi connectivity index (χ3v) is 8.00. The summed E-state index contributed by atoms with van der Waals surface area (Å²) in [5.74, 6) is 0.920. The number of hydrogen-bond acceptors (Lipinski definition) is 4. The summed E-state index contributed by atoms with van der Waals surface area (Å²) >= 11 is 0. The van der Waals surface area contributed by atoms with E-state index >= 15 is 0 Å². The molecule has 1 aliphatic heterocycles. The van der Waals surface area contributed by atoms with Crippen LogP contribution in [0.4, 0.5) is 0 Å². The highest BCUT2D eigenvalue weighted by Crippen LogP contribution is 2.38. The first-order valence-corrected chi connectivity index (χ1v) is 11.2. The molecule has 0 radical (unpaired) electrons. The summed E-state index contributed by atoms with van der Waals surface area (Å²) in [7, 11) is -1.34. The Morgan fingerprint density at radius 1 is 1.11 bits per heavy atom. The van der Waals surface area contributed by atoms with Crippen LogP contribution in [0.15, 0.2) is 4.99 Å². The van der Waals surface area contributed by atoms with Crippen molar-refractivity contribution in [3.05, 3.63) is 0 Å². The molecular weight excluding hydrogens is 479 g/mol. The summed E-state index contributed by atoms with van der Waals surface area (Å²) in [5.41, 5.74) is -0.406. The molecule has 1 spiro atoms. The maximum Gasteiger partial charge on any atom is 0.225 e. The third kappa shape index (κ3) is 5.95. The highest BCUT2D eigenvalue weighted by molar-refractivity contribution is 14.0. The summed E-state index contributed by atoms with van der Waals surface area (Å²) < 4.78 is 24.8. The van der Waals surface area contributed by atoms with E-state index in [1.165, 1.54) is 0 Å². The average molecular weight is 514 g/mol. The third-order valence-electron chi connectivity index (χ3n) is 5.42. The Bertz CT molecular complexity index is 637. The van der Waals surface area contributed by atoms with Crippen LogP contribution in [0.3, 0.4) is 0 Å². The van der Waals surface area contributed by atoms with Crippen LogP contribution < -0.4 is 10.6 Å². The first-order valence-electron chi connectivity index (χ1n) is 9.57. The fourth-order valence-corrected chi connectivity index (χ4v) is 5.92. The SMILES string of the molecule is CN=C(NCCNC(=O)C(C)(C)C)N1CCS(=O)(=O)C2(CCCCC2)C1.I. The number of carbonyl (C=O) groups is 1. The largest absolute Gasteiger partial charge is 0.354 e. The number of aliphatic imine (C=N–C) groups is 1. The van der Waals surface area contributed by atoms with Crippen LogP contribution in [0.1, 0.15) is 52.9 Å². The number of sulfone groups is 1. The highest BCUT2D eigenvalue weighted by atomic mass is 127. The van der Waals surface area contributed by atoms with Crippen LogP contribution in [-0.4, -0.2) is 68.9 Å². The minimum atomic E-state index is -3.06. The number of halogens is 1. The molecule has 1 saturated carbocycles.